The van der Waals surface area contributed by atoms with E-state index in [1.807, 2.05) is 31.2 Å². The van der Waals surface area contributed by atoms with Gasteiger partial charge in [-0.15, -0.1) is 0 Å². The first kappa shape index (κ1) is 20.8. The molecule has 7 heteroatoms. The van der Waals surface area contributed by atoms with Crippen LogP contribution in [-0.4, -0.2) is 31.7 Å². The van der Waals surface area contributed by atoms with Crippen molar-refractivity contribution in [2.75, 3.05) is 13.1 Å². The van der Waals surface area contributed by atoms with Crippen LogP contribution in [0.1, 0.15) is 41.3 Å². The number of hydrogen-bond donors (Lipinski definition) is 1. The fourth-order valence-electron chi connectivity index (χ4n) is 3.31. The number of rotatable bonds is 5. The number of hydrogen-bond acceptors (Lipinski definition) is 3. The molecule has 1 heterocycles. The predicted molar refractivity (Wildman–Crippen MR) is 111 cm³/mol. The molecule has 0 spiro atoms. The van der Waals surface area contributed by atoms with Crippen LogP contribution in [-0.2, 0) is 16.6 Å². The molecule has 0 aromatic heterocycles. The Bertz CT molecular complexity index is 967. The highest BCUT2D eigenvalue weighted by Crippen LogP contribution is 2.26. The Kier molecular flexibility index (Phi) is 6.43. The molecule has 1 amide bonds. The van der Waals surface area contributed by atoms with Crippen LogP contribution < -0.4 is 5.32 Å². The van der Waals surface area contributed by atoms with Crippen LogP contribution in [0.5, 0.6) is 0 Å². The third-order valence-electron chi connectivity index (χ3n) is 5.10. The molecule has 1 saturated heterocycles. The van der Waals surface area contributed by atoms with Gasteiger partial charge >= 0.3 is 0 Å². The first-order chi connectivity index (χ1) is 13.3. The number of nitrogens with zero attached hydrogens (tertiary/aromatic N) is 1. The Labute approximate surface area is 171 Å². The molecule has 0 radical (unpaired) electrons. The second-order valence-corrected chi connectivity index (χ2v) is 9.75. The third kappa shape index (κ3) is 4.74. The van der Waals surface area contributed by atoms with Crippen molar-refractivity contribution in [2.24, 2.45) is 5.92 Å². The third-order valence-corrected chi connectivity index (χ3v) is 7.32. The summed E-state index contributed by atoms with van der Waals surface area (Å²) >= 11 is 6.18. The highest BCUT2D eigenvalue weighted by atomic mass is 35.5. The molecule has 1 fully saturated rings. The van der Waals surface area contributed by atoms with Crippen LogP contribution in [0.25, 0.3) is 0 Å². The molecule has 28 heavy (non-hydrogen) atoms. The highest BCUT2D eigenvalue weighted by molar-refractivity contribution is 7.89. The number of carbonyl (C=O) groups is 1. The maximum atomic E-state index is 12.9. The summed E-state index contributed by atoms with van der Waals surface area (Å²) in [5.41, 5.74) is 2.24. The van der Waals surface area contributed by atoms with Crippen molar-refractivity contribution in [3.05, 3.63) is 64.2 Å². The van der Waals surface area contributed by atoms with Crippen LogP contribution in [0.3, 0.4) is 0 Å². The summed E-state index contributed by atoms with van der Waals surface area (Å²) in [7, 11) is -3.64. The van der Waals surface area contributed by atoms with Crippen molar-refractivity contribution in [3.63, 3.8) is 0 Å². The maximum absolute atomic E-state index is 12.9. The van der Waals surface area contributed by atoms with Crippen molar-refractivity contribution in [1.29, 1.82) is 0 Å². The van der Waals surface area contributed by atoms with Gasteiger partial charge in [0.1, 0.15) is 0 Å². The van der Waals surface area contributed by atoms with E-state index in [0.29, 0.717) is 25.6 Å². The van der Waals surface area contributed by atoms with Gasteiger partial charge < -0.3 is 5.32 Å². The van der Waals surface area contributed by atoms with Crippen molar-refractivity contribution < 1.29 is 13.2 Å². The minimum atomic E-state index is -3.64. The Morgan fingerprint density at radius 3 is 2.57 bits per heavy atom. The minimum Gasteiger partial charge on any atom is -0.348 e. The minimum absolute atomic E-state index is 0.104. The number of aryl methyl sites for hydroxylation is 1. The van der Waals surface area contributed by atoms with Crippen LogP contribution in [0, 0.1) is 12.8 Å². The van der Waals surface area contributed by atoms with Crippen LogP contribution in [0.4, 0.5) is 0 Å². The normalized spacial score (nSPS) is 16.1. The molecule has 1 aliphatic heterocycles. The van der Waals surface area contributed by atoms with E-state index in [0.717, 1.165) is 24.0 Å². The zero-order valence-corrected chi connectivity index (χ0v) is 17.7. The molecule has 0 bridgehead atoms. The number of amides is 1. The average Bonchev–Trinajstić information content (AvgIpc) is 2.67. The molecule has 1 aliphatic rings. The lowest BCUT2D eigenvalue weighted by atomic mass is 10.0. The molecular formula is C21H25ClN2O3S. The standard InChI is InChI=1S/C21H25ClN2O3S/c1-15-8-10-24(11-9-15)28(26,27)18-6-7-20(22)19(13-18)21(25)23-14-17-5-3-4-16(2)12-17/h3-7,12-13,15H,8-11,14H2,1-2H3,(H,23,25). The fourth-order valence-corrected chi connectivity index (χ4v) is 5.01. The zero-order chi connectivity index (χ0) is 20.3. The van der Waals surface area contributed by atoms with E-state index in [2.05, 4.69) is 12.2 Å². The molecule has 0 saturated carbocycles. The van der Waals surface area contributed by atoms with Crippen molar-refractivity contribution in [2.45, 2.75) is 38.1 Å². The summed E-state index contributed by atoms with van der Waals surface area (Å²) < 4.78 is 27.4. The van der Waals surface area contributed by atoms with Crippen LogP contribution in [0.15, 0.2) is 47.4 Å². The molecule has 0 aliphatic carbocycles. The lowest BCUT2D eigenvalue weighted by molar-refractivity contribution is 0.0951. The first-order valence-electron chi connectivity index (χ1n) is 9.41. The van der Waals surface area contributed by atoms with Gasteiger partial charge in [0.05, 0.1) is 15.5 Å². The number of halogens is 1. The quantitative estimate of drug-likeness (QED) is 0.794. The van der Waals surface area contributed by atoms with Gasteiger partial charge in [-0.1, -0.05) is 48.4 Å². The van der Waals surface area contributed by atoms with Crippen LogP contribution in [0.2, 0.25) is 5.02 Å². The van der Waals surface area contributed by atoms with E-state index in [-0.39, 0.29) is 15.5 Å². The molecular weight excluding hydrogens is 396 g/mol. The van der Waals surface area contributed by atoms with E-state index in [1.54, 1.807) is 0 Å². The van der Waals surface area contributed by atoms with Crippen molar-refractivity contribution in [3.8, 4) is 0 Å². The molecule has 2 aromatic rings. The second-order valence-electron chi connectivity index (χ2n) is 7.40. The fraction of sp³-hybridized carbons (Fsp3) is 0.381. The summed E-state index contributed by atoms with van der Waals surface area (Å²) in [5.74, 6) is 0.135. The van der Waals surface area contributed by atoms with Gasteiger partial charge in [0.25, 0.3) is 5.91 Å². The maximum Gasteiger partial charge on any atom is 0.253 e. The number of carbonyl (C=O) groups excluding carboxylic acids is 1. The second kappa shape index (κ2) is 8.64. The van der Waals surface area contributed by atoms with Gasteiger partial charge in [0.2, 0.25) is 10.0 Å². The summed E-state index contributed by atoms with van der Waals surface area (Å²) in [6.07, 6.45) is 1.69. The Morgan fingerprint density at radius 1 is 1.18 bits per heavy atom. The Hall–Kier alpha value is -1.89. The summed E-state index contributed by atoms with van der Waals surface area (Å²) in [6, 6.07) is 12.1. The number of piperidine rings is 1. The number of benzene rings is 2. The van der Waals surface area contributed by atoms with Gasteiger partial charge in [-0.3, -0.25) is 4.79 Å². The van der Waals surface area contributed by atoms with Gasteiger partial charge in [0, 0.05) is 19.6 Å². The smallest absolute Gasteiger partial charge is 0.253 e. The van der Waals surface area contributed by atoms with Crippen LogP contribution >= 0.6 is 11.6 Å². The molecule has 3 rings (SSSR count). The number of nitrogens with one attached hydrogen (secondary N) is 1. The van der Waals surface area contributed by atoms with Gasteiger partial charge in [-0.2, -0.15) is 4.31 Å². The van der Waals surface area contributed by atoms with Crippen molar-refractivity contribution in [1.82, 2.24) is 9.62 Å². The van der Waals surface area contributed by atoms with E-state index < -0.39 is 15.9 Å². The molecule has 2 aromatic carbocycles. The number of sulfonamides is 1. The average molecular weight is 421 g/mol. The molecule has 1 N–H and O–H groups in total. The summed E-state index contributed by atoms with van der Waals surface area (Å²) in [5, 5.41) is 3.05. The highest BCUT2D eigenvalue weighted by Gasteiger charge is 2.29. The lowest BCUT2D eigenvalue weighted by Gasteiger charge is -2.29. The van der Waals surface area contributed by atoms with Gasteiger partial charge in [-0.25, -0.2) is 8.42 Å². The first-order valence-corrected chi connectivity index (χ1v) is 11.2. The monoisotopic (exact) mass is 420 g/mol. The largest absolute Gasteiger partial charge is 0.348 e. The Balaban J connectivity index is 1.78. The van der Waals surface area contributed by atoms with E-state index in [9.17, 15) is 13.2 Å². The Morgan fingerprint density at radius 2 is 1.89 bits per heavy atom. The predicted octanol–water partition coefficient (Wildman–Crippen LogP) is 4.00. The zero-order valence-electron chi connectivity index (χ0n) is 16.1. The summed E-state index contributed by atoms with van der Waals surface area (Å²) in [4.78, 5) is 12.7. The summed E-state index contributed by atoms with van der Waals surface area (Å²) in [6.45, 7) is 5.46. The topological polar surface area (TPSA) is 66.5 Å². The van der Waals surface area contributed by atoms with Gasteiger partial charge in [0.15, 0.2) is 0 Å². The van der Waals surface area contributed by atoms with Gasteiger partial charge in [-0.05, 0) is 49.4 Å². The van der Waals surface area contributed by atoms with Crippen molar-refractivity contribution >= 4 is 27.5 Å². The molecule has 0 unspecified atom stereocenters. The molecule has 150 valence electrons. The lowest BCUT2D eigenvalue weighted by Crippen LogP contribution is -2.38. The van der Waals surface area contributed by atoms with E-state index >= 15 is 0 Å². The molecule has 0 atom stereocenters. The molecule has 5 nitrogen and oxygen atoms in total. The van der Waals surface area contributed by atoms with E-state index in [1.165, 1.54) is 22.5 Å². The SMILES string of the molecule is Cc1cccc(CNC(=O)c2cc(S(=O)(=O)N3CCC(C)CC3)ccc2Cl)c1. The van der Waals surface area contributed by atoms with E-state index in [4.69, 9.17) is 11.6 Å².